The van der Waals surface area contributed by atoms with Crippen molar-refractivity contribution in [2.24, 2.45) is 5.73 Å². The number of Topliss-reactive ketones (excluding diaryl/α,β-unsaturated/α-hetero) is 1. The number of benzene rings is 1. The average molecular weight is 292 g/mol. The van der Waals surface area contributed by atoms with Crippen LogP contribution in [0.5, 0.6) is 0 Å². The molecule has 21 heavy (non-hydrogen) atoms. The van der Waals surface area contributed by atoms with Gasteiger partial charge in [0.15, 0.2) is 11.5 Å². The van der Waals surface area contributed by atoms with Gasteiger partial charge < -0.3 is 15.7 Å². The molecule has 3 N–H and O–H groups in total. The number of hydrogen-bond donors (Lipinski definition) is 2. The molecule has 1 aliphatic heterocycles. The number of hydrogen-bond acceptors (Lipinski definition) is 4. The number of aliphatic hydroxyl groups excluding tert-OH is 1. The van der Waals surface area contributed by atoms with Crippen LogP contribution in [0.1, 0.15) is 18.5 Å². The summed E-state index contributed by atoms with van der Waals surface area (Å²) in [7, 11) is 0. The lowest BCUT2D eigenvalue weighted by Crippen LogP contribution is -2.38. The number of nitrogens with two attached hydrogens (primary N) is 1. The Balaban J connectivity index is 2.60. The van der Waals surface area contributed by atoms with Gasteiger partial charge in [0.1, 0.15) is 12.4 Å². The first-order chi connectivity index (χ1) is 9.84. The highest BCUT2D eigenvalue weighted by atomic mass is 19.1. The molecule has 0 saturated carbocycles. The van der Waals surface area contributed by atoms with Crippen LogP contribution >= 0.6 is 0 Å². The van der Waals surface area contributed by atoms with Crippen molar-refractivity contribution >= 4 is 17.6 Å². The molecule has 2 rings (SSSR count). The van der Waals surface area contributed by atoms with Gasteiger partial charge >= 0.3 is 0 Å². The number of nitrogens with zero attached hydrogens (tertiary/aromatic N) is 1. The number of rotatable bonds is 4. The van der Waals surface area contributed by atoms with E-state index in [4.69, 9.17) is 5.73 Å². The van der Waals surface area contributed by atoms with Crippen molar-refractivity contribution < 1.29 is 23.9 Å². The largest absolute Gasteiger partial charge is 0.503 e. The zero-order valence-corrected chi connectivity index (χ0v) is 11.2. The number of halogens is 1. The molecule has 0 aromatic heterocycles. The number of primary amides is 1. The Labute approximate surface area is 119 Å². The fraction of sp³-hybridized carbons (Fsp3) is 0.214. The molecule has 1 atom stereocenters. The minimum atomic E-state index is -1.16. The van der Waals surface area contributed by atoms with Crippen molar-refractivity contribution in [2.75, 3.05) is 6.54 Å². The van der Waals surface area contributed by atoms with Crippen molar-refractivity contribution in [3.05, 3.63) is 47.0 Å². The van der Waals surface area contributed by atoms with Crippen LogP contribution in [0.2, 0.25) is 0 Å². The molecular formula is C14H13FN2O4. The van der Waals surface area contributed by atoms with Crippen LogP contribution in [0.15, 0.2) is 35.6 Å². The monoisotopic (exact) mass is 292 g/mol. The summed E-state index contributed by atoms with van der Waals surface area (Å²) in [5.74, 6) is -3.77. The van der Waals surface area contributed by atoms with Gasteiger partial charge in [-0.1, -0.05) is 18.2 Å². The normalized spacial score (nSPS) is 18.3. The van der Waals surface area contributed by atoms with Gasteiger partial charge in [0.25, 0.3) is 5.91 Å². The molecule has 110 valence electrons. The van der Waals surface area contributed by atoms with Gasteiger partial charge in [0, 0.05) is 5.56 Å². The van der Waals surface area contributed by atoms with Gasteiger partial charge in [-0.2, -0.15) is 0 Å². The van der Waals surface area contributed by atoms with Crippen LogP contribution in [0.25, 0.3) is 0 Å². The van der Waals surface area contributed by atoms with Gasteiger partial charge in [-0.15, -0.1) is 0 Å². The Morgan fingerprint density at radius 2 is 2.00 bits per heavy atom. The Morgan fingerprint density at radius 3 is 2.52 bits per heavy atom. The van der Waals surface area contributed by atoms with Crippen LogP contribution in [-0.4, -0.2) is 34.1 Å². The van der Waals surface area contributed by atoms with E-state index in [1.54, 1.807) is 0 Å². The molecule has 1 aromatic carbocycles. The van der Waals surface area contributed by atoms with E-state index in [1.165, 1.54) is 18.2 Å². The number of carbonyl (C=O) groups excluding carboxylic acids is 3. The zero-order valence-electron chi connectivity index (χ0n) is 11.2. The summed E-state index contributed by atoms with van der Waals surface area (Å²) in [6.07, 6.45) is 0. The maximum absolute atomic E-state index is 14.0. The van der Waals surface area contributed by atoms with Gasteiger partial charge in [-0.3, -0.25) is 14.4 Å². The lowest BCUT2D eigenvalue weighted by atomic mass is 9.96. The van der Waals surface area contributed by atoms with Crippen LogP contribution < -0.4 is 5.73 Å². The minimum absolute atomic E-state index is 0.0151. The molecular weight excluding hydrogens is 279 g/mol. The third-order valence-corrected chi connectivity index (χ3v) is 3.21. The summed E-state index contributed by atoms with van der Waals surface area (Å²) in [5, 5.41) is 9.83. The van der Waals surface area contributed by atoms with Gasteiger partial charge in [-0.25, -0.2) is 4.39 Å². The molecule has 0 aliphatic carbocycles. The van der Waals surface area contributed by atoms with Gasteiger partial charge in [0.05, 0.1) is 11.6 Å². The fourth-order valence-electron chi connectivity index (χ4n) is 2.36. The summed E-state index contributed by atoms with van der Waals surface area (Å²) in [5.41, 5.74) is 4.84. The predicted octanol–water partition coefficient (Wildman–Crippen LogP) is 0.595. The fourth-order valence-corrected chi connectivity index (χ4v) is 2.36. The number of amides is 2. The smallest absolute Gasteiger partial charge is 0.290 e. The summed E-state index contributed by atoms with van der Waals surface area (Å²) < 4.78 is 14.0. The van der Waals surface area contributed by atoms with E-state index in [-0.39, 0.29) is 11.1 Å². The predicted molar refractivity (Wildman–Crippen MR) is 70.4 cm³/mol. The molecule has 7 heteroatoms. The van der Waals surface area contributed by atoms with Crippen LogP contribution in [0.3, 0.4) is 0 Å². The van der Waals surface area contributed by atoms with E-state index in [0.717, 1.165) is 17.9 Å². The Kier molecular flexibility index (Phi) is 3.75. The second-order valence-electron chi connectivity index (χ2n) is 4.64. The number of carbonyl (C=O) groups is 3. The third kappa shape index (κ3) is 2.49. The quantitative estimate of drug-likeness (QED) is 0.848. The third-order valence-electron chi connectivity index (χ3n) is 3.21. The topological polar surface area (TPSA) is 101 Å². The van der Waals surface area contributed by atoms with E-state index in [0.29, 0.717) is 0 Å². The summed E-state index contributed by atoms with van der Waals surface area (Å²) >= 11 is 0. The van der Waals surface area contributed by atoms with Gasteiger partial charge in [0.2, 0.25) is 5.91 Å². The molecule has 0 spiro atoms. The van der Waals surface area contributed by atoms with Crippen molar-refractivity contribution in [3.63, 3.8) is 0 Å². The van der Waals surface area contributed by atoms with Crippen LogP contribution in [0, 0.1) is 5.82 Å². The maximum atomic E-state index is 14.0. The SMILES string of the molecule is CC(=O)C1=C(O)C(=O)N(CC(N)=O)[C@H]1c1ccccc1F. The van der Waals surface area contributed by atoms with E-state index < -0.39 is 41.8 Å². The van der Waals surface area contributed by atoms with Crippen LogP contribution in [0.4, 0.5) is 4.39 Å². The van der Waals surface area contributed by atoms with Crippen molar-refractivity contribution in [2.45, 2.75) is 13.0 Å². The van der Waals surface area contributed by atoms with Crippen molar-refractivity contribution in [1.82, 2.24) is 4.90 Å². The number of aliphatic hydroxyl groups is 1. The molecule has 0 fully saturated rings. The lowest BCUT2D eigenvalue weighted by Gasteiger charge is -2.25. The molecule has 0 radical (unpaired) electrons. The average Bonchev–Trinajstić information content (AvgIpc) is 2.63. The first kappa shape index (κ1) is 14.7. The van der Waals surface area contributed by atoms with Crippen LogP contribution in [-0.2, 0) is 14.4 Å². The standard InChI is InChI=1S/C14H13FN2O4/c1-7(18)11-12(8-4-2-3-5-9(8)15)17(6-10(16)19)14(21)13(11)20/h2-5,12,20H,6H2,1H3,(H2,16,19)/t12-/m0/s1. The maximum Gasteiger partial charge on any atom is 0.290 e. The molecule has 1 heterocycles. The Bertz CT molecular complexity index is 669. The van der Waals surface area contributed by atoms with E-state index in [9.17, 15) is 23.9 Å². The zero-order chi connectivity index (χ0) is 15.7. The highest BCUT2D eigenvalue weighted by Crippen LogP contribution is 2.38. The molecule has 2 amide bonds. The highest BCUT2D eigenvalue weighted by molar-refractivity contribution is 6.08. The second kappa shape index (κ2) is 5.35. The molecule has 6 nitrogen and oxygen atoms in total. The molecule has 0 bridgehead atoms. The summed E-state index contributed by atoms with van der Waals surface area (Å²) in [6.45, 7) is 0.624. The lowest BCUT2D eigenvalue weighted by molar-refractivity contribution is -0.133. The Morgan fingerprint density at radius 1 is 1.38 bits per heavy atom. The highest BCUT2D eigenvalue weighted by Gasteiger charge is 2.43. The Hall–Kier alpha value is -2.70. The van der Waals surface area contributed by atoms with Gasteiger partial charge in [-0.05, 0) is 13.0 Å². The second-order valence-corrected chi connectivity index (χ2v) is 4.64. The first-order valence-corrected chi connectivity index (χ1v) is 6.12. The number of ketones is 1. The molecule has 0 unspecified atom stereocenters. The molecule has 1 aliphatic rings. The van der Waals surface area contributed by atoms with E-state index >= 15 is 0 Å². The molecule has 1 aromatic rings. The molecule has 0 saturated heterocycles. The van der Waals surface area contributed by atoms with E-state index in [2.05, 4.69) is 0 Å². The van der Waals surface area contributed by atoms with E-state index in [1.807, 2.05) is 0 Å². The minimum Gasteiger partial charge on any atom is -0.503 e. The summed E-state index contributed by atoms with van der Waals surface area (Å²) in [4.78, 5) is 35.7. The van der Waals surface area contributed by atoms with Crippen molar-refractivity contribution in [1.29, 1.82) is 0 Å². The summed E-state index contributed by atoms with van der Waals surface area (Å²) in [6, 6.07) is 4.35. The van der Waals surface area contributed by atoms with Crippen molar-refractivity contribution in [3.8, 4) is 0 Å². The first-order valence-electron chi connectivity index (χ1n) is 6.12.